The molecule has 3 aromatic rings. The second-order valence-electron chi connectivity index (χ2n) is 3.95. The first-order chi connectivity index (χ1) is 8.77. The Balaban J connectivity index is 2.45. The van der Waals surface area contributed by atoms with Crippen LogP contribution in [-0.2, 0) is 0 Å². The Kier molecular flexibility index (Phi) is 2.81. The monoisotopic (exact) mass is 270 g/mol. The maximum Gasteiger partial charge on any atom is 0.183 e. The van der Waals surface area contributed by atoms with E-state index in [2.05, 4.69) is 4.98 Å². The van der Waals surface area contributed by atoms with Crippen molar-refractivity contribution in [1.82, 2.24) is 9.55 Å². The average molecular weight is 270 g/mol. The zero-order valence-corrected chi connectivity index (χ0v) is 11.1. The van der Waals surface area contributed by atoms with Crippen LogP contribution in [0.5, 0.6) is 0 Å². The Bertz CT molecular complexity index is 816. The molecule has 0 spiro atoms. The lowest BCUT2D eigenvalue weighted by molar-refractivity contribution is 0.967. The van der Waals surface area contributed by atoms with Crippen molar-refractivity contribution < 1.29 is 0 Å². The van der Waals surface area contributed by atoms with Crippen LogP contribution in [0.1, 0.15) is 0 Å². The first-order valence-electron chi connectivity index (χ1n) is 5.57. The molecule has 4 heteroatoms. The lowest BCUT2D eigenvalue weighted by Gasteiger charge is -2.09. The molecule has 0 amide bonds. The van der Waals surface area contributed by atoms with E-state index in [9.17, 15) is 0 Å². The number of nitrogens with one attached hydrogen (secondary N) is 1. The highest BCUT2D eigenvalue weighted by Crippen LogP contribution is 2.17. The predicted molar refractivity (Wildman–Crippen MR) is 79.3 cm³/mol. The van der Waals surface area contributed by atoms with Crippen LogP contribution in [0.4, 0.5) is 0 Å². The van der Waals surface area contributed by atoms with E-state index in [1.54, 1.807) is 0 Å². The minimum absolute atomic E-state index is 0.616. The van der Waals surface area contributed by atoms with Gasteiger partial charge in [-0.05, 0) is 36.5 Å². The molecule has 0 radical (unpaired) electrons. The summed E-state index contributed by atoms with van der Waals surface area (Å²) in [7, 11) is 0. The van der Waals surface area contributed by atoms with Gasteiger partial charge >= 0.3 is 0 Å². The highest BCUT2D eigenvalue weighted by atomic mass is 32.1. The fourth-order valence-electron chi connectivity index (χ4n) is 1.97. The van der Waals surface area contributed by atoms with Gasteiger partial charge in [0.25, 0.3) is 0 Å². The van der Waals surface area contributed by atoms with Crippen LogP contribution in [0.25, 0.3) is 16.6 Å². The summed E-state index contributed by atoms with van der Waals surface area (Å²) in [6.07, 6.45) is 0. The molecule has 18 heavy (non-hydrogen) atoms. The molecule has 0 atom stereocenters. The molecule has 1 heterocycles. The van der Waals surface area contributed by atoms with Gasteiger partial charge in [-0.3, -0.25) is 4.57 Å². The summed E-state index contributed by atoms with van der Waals surface area (Å²) in [5.41, 5.74) is 1.95. The molecule has 0 bridgehead atoms. The Morgan fingerprint density at radius 3 is 2.28 bits per heavy atom. The first-order valence-corrected chi connectivity index (χ1v) is 6.38. The van der Waals surface area contributed by atoms with E-state index in [0.29, 0.717) is 4.77 Å². The Morgan fingerprint density at radius 1 is 0.833 bits per heavy atom. The van der Waals surface area contributed by atoms with Crippen LogP contribution in [0, 0.1) is 9.41 Å². The second-order valence-corrected chi connectivity index (χ2v) is 4.73. The minimum Gasteiger partial charge on any atom is -0.331 e. The van der Waals surface area contributed by atoms with E-state index in [4.69, 9.17) is 24.4 Å². The van der Waals surface area contributed by atoms with Gasteiger partial charge in [-0.2, -0.15) is 0 Å². The summed E-state index contributed by atoms with van der Waals surface area (Å²) in [4.78, 5) is 3.21. The molecule has 2 nitrogen and oxygen atoms in total. The largest absolute Gasteiger partial charge is 0.331 e. The van der Waals surface area contributed by atoms with Gasteiger partial charge in [-0.25, -0.2) is 0 Å². The van der Waals surface area contributed by atoms with Crippen molar-refractivity contribution in [3.63, 3.8) is 0 Å². The normalized spacial score (nSPS) is 10.7. The number of H-pyrrole nitrogens is 1. The topological polar surface area (TPSA) is 20.7 Å². The fourth-order valence-corrected chi connectivity index (χ4v) is 2.71. The standard InChI is InChI=1S/C14H10N2S2/c17-13-11-8-4-5-9-12(11)15-14(18)16(13)10-6-2-1-3-7-10/h1-9H,(H,15,18). The van der Waals surface area contributed by atoms with E-state index >= 15 is 0 Å². The molecular weight excluding hydrogens is 260 g/mol. The summed E-state index contributed by atoms with van der Waals surface area (Å²) in [6.45, 7) is 0. The number of aromatic nitrogens is 2. The number of hydrogen-bond donors (Lipinski definition) is 1. The number of rotatable bonds is 1. The number of para-hydroxylation sites is 2. The smallest absolute Gasteiger partial charge is 0.183 e. The summed E-state index contributed by atoms with van der Waals surface area (Å²) in [6, 6.07) is 17.8. The molecule has 0 aliphatic rings. The van der Waals surface area contributed by atoms with E-state index in [1.807, 2.05) is 59.2 Å². The number of nitrogens with zero attached hydrogens (tertiary/aromatic N) is 1. The van der Waals surface area contributed by atoms with Gasteiger partial charge in [0.05, 0.1) is 5.52 Å². The van der Waals surface area contributed by atoms with Crippen LogP contribution in [-0.4, -0.2) is 9.55 Å². The van der Waals surface area contributed by atoms with Crippen molar-refractivity contribution in [2.24, 2.45) is 0 Å². The van der Waals surface area contributed by atoms with E-state index in [0.717, 1.165) is 21.2 Å². The van der Waals surface area contributed by atoms with Gasteiger partial charge in [0.1, 0.15) is 4.64 Å². The summed E-state index contributed by atoms with van der Waals surface area (Å²) < 4.78 is 3.23. The van der Waals surface area contributed by atoms with Crippen LogP contribution in [0.3, 0.4) is 0 Å². The van der Waals surface area contributed by atoms with Crippen LogP contribution in [0.2, 0.25) is 0 Å². The summed E-state index contributed by atoms with van der Waals surface area (Å²) >= 11 is 10.9. The molecule has 3 rings (SSSR count). The Hall–Kier alpha value is -1.78. The third kappa shape index (κ3) is 1.79. The van der Waals surface area contributed by atoms with Gasteiger partial charge in [-0.15, -0.1) is 0 Å². The molecule has 1 aromatic heterocycles. The van der Waals surface area contributed by atoms with Crippen LogP contribution >= 0.6 is 24.4 Å². The van der Waals surface area contributed by atoms with Crippen LogP contribution < -0.4 is 0 Å². The highest BCUT2D eigenvalue weighted by molar-refractivity contribution is 7.72. The highest BCUT2D eigenvalue weighted by Gasteiger charge is 2.03. The van der Waals surface area contributed by atoms with Crippen molar-refractivity contribution in [1.29, 1.82) is 0 Å². The molecular formula is C14H10N2S2. The summed E-state index contributed by atoms with van der Waals surface area (Å²) in [5, 5.41) is 1.00. The van der Waals surface area contributed by atoms with Gasteiger partial charge in [0.2, 0.25) is 0 Å². The predicted octanol–water partition coefficient (Wildman–Crippen LogP) is 4.42. The van der Waals surface area contributed by atoms with Crippen molar-refractivity contribution >= 4 is 35.3 Å². The molecule has 0 saturated carbocycles. The van der Waals surface area contributed by atoms with E-state index < -0.39 is 0 Å². The SMILES string of the molecule is S=c1[nH]c2ccccc2c(=S)n1-c1ccccc1. The van der Waals surface area contributed by atoms with Gasteiger partial charge in [0.15, 0.2) is 4.77 Å². The molecule has 0 aliphatic heterocycles. The number of hydrogen-bond acceptors (Lipinski definition) is 2. The van der Waals surface area contributed by atoms with Crippen molar-refractivity contribution in [2.45, 2.75) is 0 Å². The Morgan fingerprint density at radius 2 is 1.50 bits per heavy atom. The third-order valence-electron chi connectivity index (χ3n) is 2.82. The quantitative estimate of drug-likeness (QED) is 0.661. The van der Waals surface area contributed by atoms with Crippen molar-refractivity contribution in [2.75, 3.05) is 0 Å². The zero-order valence-electron chi connectivity index (χ0n) is 9.46. The number of aromatic amines is 1. The molecule has 0 unspecified atom stereocenters. The van der Waals surface area contributed by atoms with Crippen LogP contribution in [0.15, 0.2) is 54.6 Å². The third-order valence-corrected chi connectivity index (χ3v) is 3.51. The lowest BCUT2D eigenvalue weighted by atomic mass is 10.2. The van der Waals surface area contributed by atoms with Gasteiger partial charge in [-0.1, -0.05) is 42.5 Å². The van der Waals surface area contributed by atoms with Gasteiger partial charge < -0.3 is 4.98 Å². The fraction of sp³-hybridized carbons (Fsp3) is 0. The maximum absolute atomic E-state index is 5.54. The molecule has 0 fully saturated rings. The summed E-state index contributed by atoms with van der Waals surface area (Å²) in [5.74, 6) is 0. The first kappa shape index (κ1) is 11.3. The molecule has 0 aliphatic carbocycles. The number of benzene rings is 2. The molecule has 0 saturated heterocycles. The van der Waals surface area contributed by atoms with Crippen molar-refractivity contribution in [3.05, 3.63) is 64.0 Å². The molecule has 88 valence electrons. The average Bonchev–Trinajstić information content (AvgIpc) is 2.40. The molecule has 1 N–H and O–H groups in total. The minimum atomic E-state index is 0.616. The van der Waals surface area contributed by atoms with E-state index in [-0.39, 0.29) is 0 Å². The maximum atomic E-state index is 5.54. The Labute approximate surface area is 115 Å². The van der Waals surface area contributed by atoms with E-state index in [1.165, 1.54) is 0 Å². The van der Waals surface area contributed by atoms with Gasteiger partial charge in [0, 0.05) is 11.1 Å². The molecule has 2 aromatic carbocycles. The lowest BCUT2D eigenvalue weighted by Crippen LogP contribution is -2.01. The zero-order chi connectivity index (χ0) is 12.5. The second kappa shape index (κ2) is 4.48. The van der Waals surface area contributed by atoms with Crippen molar-refractivity contribution in [3.8, 4) is 5.69 Å². The number of fused-ring (bicyclic) bond motifs is 1.